The lowest BCUT2D eigenvalue weighted by molar-refractivity contribution is -0.402. The molecule has 0 aromatic heterocycles. The van der Waals surface area contributed by atoms with Crippen molar-refractivity contribution in [3.63, 3.8) is 0 Å². The smallest absolute Gasteiger partial charge is 0.230 e. The molecule has 0 aliphatic rings. The van der Waals surface area contributed by atoms with E-state index in [-0.39, 0.29) is 0 Å². The normalized spacial score (nSPS) is 11.8. The lowest BCUT2D eigenvalue weighted by atomic mass is 10.1. The molecule has 0 aliphatic carbocycles. The van der Waals surface area contributed by atoms with Crippen molar-refractivity contribution in [3.05, 3.63) is 45.7 Å². The highest BCUT2D eigenvalue weighted by Crippen LogP contribution is 2.10. The lowest BCUT2D eigenvalue weighted by Gasteiger charge is -2.00. The first-order chi connectivity index (χ1) is 9.02. The van der Waals surface area contributed by atoms with Gasteiger partial charge in [0.1, 0.15) is 0 Å². The van der Waals surface area contributed by atoms with Crippen molar-refractivity contribution in [2.75, 3.05) is 0 Å². The summed E-state index contributed by atoms with van der Waals surface area (Å²) in [5.74, 6) is 0. The Morgan fingerprint density at radius 1 is 1.00 bits per heavy atom. The molecule has 0 aromatic carbocycles. The van der Waals surface area contributed by atoms with Gasteiger partial charge in [-0.1, -0.05) is 29.7 Å². The van der Waals surface area contributed by atoms with Crippen LogP contribution in [0.5, 0.6) is 0 Å². The quantitative estimate of drug-likeness (QED) is 0.229. The Labute approximate surface area is 117 Å². The van der Waals surface area contributed by atoms with E-state index in [0.29, 0.717) is 0 Å². The molecule has 0 radical (unpaired) electrons. The van der Waals surface area contributed by atoms with Crippen LogP contribution in [0.4, 0.5) is 0 Å². The second kappa shape index (κ2) is 11.7. The topological polar surface area (TPSA) is 43.1 Å². The van der Waals surface area contributed by atoms with Crippen LogP contribution >= 0.6 is 0 Å². The second-order valence-corrected chi connectivity index (χ2v) is 5.18. The molecular formula is C16H27NO2. The zero-order chi connectivity index (χ0) is 14.5. The van der Waals surface area contributed by atoms with Gasteiger partial charge in [-0.2, -0.15) is 0 Å². The summed E-state index contributed by atoms with van der Waals surface area (Å²) in [6, 6.07) is 0. The van der Waals surface area contributed by atoms with Gasteiger partial charge in [-0.25, -0.2) is 0 Å². The van der Waals surface area contributed by atoms with Crippen LogP contribution in [0.25, 0.3) is 0 Å². The highest BCUT2D eigenvalue weighted by molar-refractivity contribution is 5.01. The third-order valence-corrected chi connectivity index (χ3v) is 2.89. The molecule has 0 fully saturated rings. The van der Waals surface area contributed by atoms with Gasteiger partial charge in [-0.05, 0) is 65.4 Å². The minimum Gasteiger partial charge on any atom is -0.259 e. The molecule has 0 saturated heterocycles. The maximum atomic E-state index is 10.0. The second-order valence-electron chi connectivity index (χ2n) is 5.18. The van der Waals surface area contributed by atoms with E-state index in [2.05, 4.69) is 32.9 Å². The number of unbranched alkanes of at least 4 members (excludes halogenated alkanes) is 4. The van der Waals surface area contributed by atoms with Crippen LogP contribution in [0.3, 0.4) is 0 Å². The summed E-state index contributed by atoms with van der Waals surface area (Å²) >= 11 is 0. The van der Waals surface area contributed by atoms with Crippen LogP contribution in [-0.2, 0) is 0 Å². The Morgan fingerprint density at radius 2 is 1.68 bits per heavy atom. The van der Waals surface area contributed by atoms with E-state index in [1.807, 2.05) is 0 Å². The van der Waals surface area contributed by atoms with Gasteiger partial charge in [0.25, 0.3) is 0 Å². The van der Waals surface area contributed by atoms with E-state index in [4.69, 9.17) is 0 Å². The summed E-state index contributed by atoms with van der Waals surface area (Å²) < 4.78 is 0. The lowest BCUT2D eigenvalue weighted by Crippen LogP contribution is -1.83. The van der Waals surface area contributed by atoms with Crippen LogP contribution in [-0.4, -0.2) is 4.92 Å². The molecule has 0 spiro atoms. The van der Waals surface area contributed by atoms with E-state index in [1.165, 1.54) is 17.6 Å². The van der Waals surface area contributed by atoms with Gasteiger partial charge in [-0.15, -0.1) is 0 Å². The van der Waals surface area contributed by atoms with Gasteiger partial charge in [0.15, 0.2) is 0 Å². The van der Waals surface area contributed by atoms with E-state index in [1.54, 1.807) is 6.08 Å². The maximum absolute atomic E-state index is 10.0. The molecule has 19 heavy (non-hydrogen) atoms. The Hall–Kier alpha value is -1.38. The maximum Gasteiger partial charge on any atom is 0.230 e. The summed E-state index contributed by atoms with van der Waals surface area (Å²) in [6.07, 6.45) is 14.8. The van der Waals surface area contributed by atoms with Crippen molar-refractivity contribution >= 4 is 0 Å². The van der Waals surface area contributed by atoms with Crippen LogP contribution in [0, 0.1) is 10.1 Å². The third kappa shape index (κ3) is 14.6. The number of nitro groups is 1. The molecule has 0 aromatic rings. The summed E-state index contributed by atoms with van der Waals surface area (Å²) in [6.45, 7) is 6.46. The average Bonchev–Trinajstić information content (AvgIpc) is 2.31. The number of hydrogen-bond acceptors (Lipinski definition) is 2. The van der Waals surface area contributed by atoms with Crippen molar-refractivity contribution < 1.29 is 4.92 Å². The van der Waals surface area contributed by atoms with Crippen LogP contribution in [0.2, 0.25) is 0 Å². The SMILES string of the molecule is CC(C)=CCC/C(C)=C/CCCCC/C=C/[N+](=O)[O-]. The highest BCUT2D eigenvalue weighted by atomic mass is 16.6. The van der Waals surface area contributed by atoms with Gasteiger partial charge < -0.3 is 0 Å². The highest BCUT2D eigenvalue weighted by Gasteiger charge is 1.91. The largest absolute Gasteiger partial charge is 0.259 e. The molecule has 0 heterocycles. The summed E-state index contributed by atoms with van der Waals surface area (Å²) in [5, 5.41) is 10.0. The van der Waals surface area contributed by atoms with E-state index >= 15 is 0 Å². The molecule has 108 valence electrons. The summed E-state index contributed by atoms with van der Waals surface area (Å²) in [5.41, 5.74) is 2.85. The van der Waals surface area contributed by atoms with Crippen molar-refractivity contribution in [1.29, 1.82) is 0 Å². The fourth-order valence-electron chi connectivity index (χ4n) is 1.78. The average molecular weight is 265 g/mol. The van der Waals surface area contributed by atoms with E-state index in [9.17, 15) is 10.1 Å². The molecule has 0 amide bonds. The van der Waals surface area contributed by atoms with Crippen molar-refractivity contribution in [1.82, 2.24) is 0 Å². The van der Waals surface area contributed by atoms with Gasteiger partial charge in [0.05, 0.1) is 4.92 Å². The fraction of sp³-hybridized carbons (Fsp3) is 0.625. The Kier molecular flexibility index (Phi) is 10.8. The minimum absolute atomic E-state index is 0.404. The Bertz CT molecular complexity index is 337. The molecule has 3 heteroatoms. The van der Waals surface area contributed by atoms with Gasteiger partial charge in [0, 0.05) is 0 Å². The monoisotopic (exact) mass is 265 g/mol. The van der Waals surface area contributed by atoms with E-state index in [0.717, 1.165) is 44.7 Å². The summed E-state index contributed by atoms with van der Waals surface area (Å²) in [4.78, 5) is 9.64. The number of nitrogens with zero attached hydrogens (tertiary/aromatic N) is 1. The van der Waals surface area contributed by atoms with Gasteiger partial charge in [-0.3, -0.25) is 10.1 Å². The van der Waals surface area contributed by atoms with Gasteiger partial charge in [0.2, 0.25) is 6.20 Å². The molecule has 0 atom stereocenters. The first-order valence-corrected chi connectivity index (χ1v) is 7.11. The molecular weight excluding hydrogens is 238 g/mol. The van der Waals surface area contributed by atoms with Crippen molar-refractivity contribution in [2.45, 2.75) is 65.7 Å². The van der Waals surface area contributed by atoms with Gasteiger partial charge >= 0.3 is 0 Å². The van der Waals surface area contributed by atoms with E-state index < -0.39 is 4.92 Å². The van der Waals surface area contributed by atoms with Crippen molar-refractivity contribution in [3.8, 4) is 0 Å². The first-order valence-electron chi connectivity index (χ1n) is 7.11. The van der Waals surface area contributed by atoms with Crippen LogP contribution in [0.15, 0.2) is 35.6 Å². The molecule has 0 bridgehead atoms. The predicted octanol–water partition coefficient (Wildman–Crippen LogP) is 5.42. The molecule has 0 saturated carbocycles. The Morgan fingerprint density at radius 3 is 2.32 bits per heavy atom. The first kappa shape index (κ1) is 17.6. The minimum atomic E-state index is -0.404. The number of rotatable bonds is 10. The standard InChI is InChI=1S/C16H27NO2/c1-15(2)11-10-13-16(3)12-8-6-4-5-7-9-14-17(18)19/h9,11-12,14H,4-8,10,13H2,1-3H3/b14-9+,16-12+. The van der Waals surface area contributed by atoms with Crippen molar-refractivity contribution in [2.24, 2.45) is 0 Å². The zero-order valence-corrected chi connectivity index (χ0v) is 12.5. The molecule has 0 N–H and O–H groups in total. The van der Waals surface area contributed by atoms with Crippen LogP contribution in [0.1, 0.15) is 65.7 Å². The molecule has 0 rings (SSSR count). The van der Waals surface area contributed by atoms with Crippen LogP contribution < -0.4 is 0 Å². The summed E-state index contributed by atoms with van der Waals surface area (Å²) in [7, 11) is 0. The molecule has 0 aliphatic heterocycles. The predicted molar refractivity (Wildman–Crippen MR) is 81.6 cm³/mol. The zero-order valence-electron chi connectivity index (χ0n) is 12.5. The molecule has 0 unspecified atom stereocenters. The molecule has 3 nitrogen and oxygen atoms in total. The number of allylic oxidation sites excluding steroid dienone is 5. The Balaban J connectivity index is 3.51. The third-order valence-electron chi connectivity index (χ3n) is 2.89. The fourth-order valence-corrected chi connectivity index (χ4v) is 1.78. The number of hydrogen-bond donors (Lipinski definition) is 0.